The third kappa shape index (κ3) is 3.36. The zero-order valence-corrected chi connectivity index (χ0v) is 11.7. The summed E-state index contributed by atoms with van der Waals surface area (Å²) in [5, 5.41) is 3.49. The van der Waals surface area contributed by atoms with Crippen LogP contribution in [0.25, 0.3) is 0 Å². The number of fused-ring (bicyclic) bond motifs is 1. The summed E-state index contributed by atoms with van der Waals surface area (Å²) in [5.41, 5.74) is 2.70. The zero-order valence-electron chi connectivity index (χ0n) is 11.7. The summed E-state index contributed by atoms with van der Waals surface area (Å²) in [6, 6.07) is 1.18. The number of piperidine rings is 1. The van der Waals surface area contributed by atoms with Crippen LogP contribution in [0.1, 0.15) is 39.5 Å². The Balaban J connectivity index is 1.89. The van der Waals surface area contributed by atoms with Crippen molar-refractivity contribution in [3.05, 3.63) is 0 Å². The van der Waals surface area contributed by atoms with E-state index in [9.17, 15) is 0 Å². The molecule has 0 aromatic carbocycles. The Kier molecular flexibility index (Phi) is 4.83. The van der Waals surface area contributed by atoms with Gasteiger partial charge in [-0.3, -0.25) is 15.3 Å². The molecule has 0 aromatic heterocycles. The molecule has 0 saturated carbocycles. The highest BCUT2D eigenvalue weighted by Crippen LogP contribution is 2.26. The molecule has 18 heavy (non-hydrogen) atoms. The molecule has 0 aromatic rings. The molecule has 0 bridgehead atoms. The molecule has 104 valence electrons. The Morgan fingerprint density at radius 2 is 2.17 bits per heavy atom. The largest absolute Gasteiger partial charge is 0.351 e. The van der Waals surface area contributed by atoms with E-state index in [2.05, 4.69) is 34.5 Å². The van der Waals surface area contributed by atoms with Crippen LogP contribution in [0.5, 0.6) is 0 Å². The molecule has 0 spiro atoms. The molecule has 0 radical (unpaired) electrons. The van der Waals surface area contributed by atoms with Gasteiger partial charge in [0, 0.05) is 25.2 Å². The summed E-state index contributed by atoms with van der Waals surface area (Å²) in [6.07, 6.45) is 5.22. The topological polar surface area (TPSA) is 65.7 Å². The number of hydrazine groups is 1. The van der Waals surface area contributed by atoms with Crippen LogP contribution in [0.2, 0.25) is 0 Å². The fraction of sp³-hybridized carbons (Fsp3) is 0.923. The highest BCUT2D eigenvalue weighted by atomic mass is 15.4. The third-order valence-corrected chi connectivity index (χ3v) is 3.93. The first-order valence-electron chi connectivity index (χ1n) is 7.22. The highest BCUT2D eigenvalue weighted by molar-refractivity contribution is 5.79. The van der Waals surface area contributed by atoms with Crippen LogP contribution >= 0.6 is 0 Å². The van der Waals surface area contributed by atoms with Gasteiger partial charge in [-0.25, -0.2) is 5.84 Å². The van der Waals surface area contributed by atoms with Crippen LogP contribution in [0, 0.1) is 5.92 Å². The van der Waals surface area contributed by atoms with Gasteiger partial charge in [0.1, 0.15) is 0 Å². The number of hydrogen-bond acceptors (Lipinski definition) is 3. The molecule has 2 aliphatic rings. The van der Waals surface area contributed by atoms with Crippen molar-refractivity contribution in [2.45, 2.75) is 51.6 Å². The summed E-state index contributed by atoms with van der Waals surface area (Å²) in [4.78, 5) is 7.10. The molecule has 2 atom stereocenters. The van der Waals surface area contributed by atoms with Crippen LogP contribution < -0.4 is 16.6 Å². The maximum atomic E-state index is 5.55. The Morgan fingerprint density at radius 1 is 1.33 bits per heavy atom. The maximum Gasteiger partial charge on any atom is 0.206 e. The monoisotopic (exact) mass is 253 g/mol. The van der Waals surface area contributed by atoms with Crippen molar-refractivity contribution in [3.63, 3.8) is 0 Å². The first-order chi connectivity index (χ1) is 8.70. The fourth-order valence-electron chi connectivity index (χ4n) is 3.00. The molecule has 2 heterocycles. The summed E-state index contributed by atoms with van der Waals surface area (Å²) in [7, 11) is 0. The second-order valence-corrected chi connectivity index (χ2v) is 5.87. The number of nitrogens with zero attached hydrogens (tertiary/aromatic N) is 2. The van der Waals surface area contributed by atoms with E-state index in [-0.39, 0.29) is 0 Å². The Labute approximate surface area is 110 Å². The average Bonchev–Trinajstić information content (AvgIpc) is 2.77. The summed E-state index contributed by atoms with van der Waals surface area (Å²) in [6.45, 7) is 7.61. The van der Waals surface area contributed by atoms with Crippen LogP contribution in [-0.2, 0) is 0 Å². The van der Waals surface area contributed by atoms with Crippen molar-refractivity contribution in [1.29, 1.82) is 0 Å². The van der Waals surface area contributed by atoms with E-state index in [4.69, 9.17) is 5.84 Å². The number of guanidine groups is 1. The van der Waals surface area contributed by atoms with E-state index in [0.717, 1.165) is 12.5 Å². The Hall–Kier alpha value is -0.810. The van der Waals surface area contributed by atoms with Gasteiger partial charge in [-0.1, -0.05) is 20.3 Å². The van der Waals surface area contributed by atoms with Crippen molar-refractivity contribution >= 4 is 5.96 Å². The SMILES string of the molecule is CC(C)CN=C(NN)NC1CCN2CCCCC12. The average molecular weight is 253 g/mol. The summed E-state index contributed by atoms with van der Waals surface area (Å²) >= 11 is 0. The molecule has 2 fully saturated rings. The molecule has 0 amide bonds. The van der Waals surface area contributed by atoms with Gasteiger partial charge in [0.05, 0.1) is 0 Å². The lowest BCUT2D eigenvalue weighted by Crippen LogP contribution is -2.52. The highest BCUT2D eigenvalue weighted by Gasteiger charge is 2.35. The number of nitrogens with one attached hydrogen (secondary N) is 2. The predicted octanol–water partition coefficient (Wildman–Crippen LogP) is 0.678. The second kappa shape index (κ2) is 6.38. The van der Waals surface area contributed by atoms with Gasteiger partial charge in [0.15, 0.2) is 0 Å². The number of rotatable bonds is 3. The van der Waals surface area contributed by atoms with Crippen molar-refractivity contribution in [3.8, 4) is 0 Å². The molecule has 2 rings (SSSR count). The van der Waals surface area contributed by atoms with Gasteiger partial charge >= 0.3 is 0 Å². The first kappa shape index (κ1) is 13.6. The smallest absolute Gasteiger partial charge is 0.206 e. The molecular formula is C13H27N5. The van der Waals surface area contributed by atoms with E-state index in [0.29, 0.717) is 18.0 Å². The van der Waals surface area contributed by atoms with E-state index >= 15 is 0 Å². The molecule has 5 nitrogen and oxygen atoms in total. The van der Waals surface area contributed by atoms with Crippen LogP contribution in [0.15, 0.2) is 4.99 Å². The van der Waals surface area contributed by atoms with Gasteiger partial charge in [-0.05, 0) is 31.7 Å². The number of hydrogen-bond donors (Lipinski definition) is 3. The minimum Gasteiger partial charge on any atom is -0.351 e. The fourth-order valence-corrected chi connectivity index (χ4v) is 3.00. The first-order valence-corrected chi connectivity index (χ1v) is 7.22. The quantitative estimate of drug-likeness (QED) is 0.299. The lowest BCUT2D eigenvalue weighted by Gasteiger charge is -2.33. The van der Waals surface area contributed by atoms with Crippen LogP contribution in [-0.4, -0.2) is 42.6 Å². The van der Waals surface area contributed by atoms with E-state index in [1.54, 1.807) is 0 Å². The van der Waals surface area contributed by atoms with Crippen LogP contribution in [0.3, 0.4) is 0 Å². The second-order valence-electron chi connectivity index (χ2n) is 5.87. The molecule has 0 aliphatic carbocycles. The lowest BCUT2D eigenvalue weighted by atomic mass is 9.99. The maximum absolute atomic E-state index is 5.55. The minimum absolute atomic E-state index is 0.507. The van der Waals surface area contributed by atoms with Gasteiger partial charge < -0.3 is 5.32 Å². The van der Waals surface area contributed by atoms with E-state index < -0.39 is 0 Å². The zero-order chi connectivity index (χ0) is 13.0. The Morgan fingerprint density at radius 3 is 2.89 bits per heavy atom. The number of aliphatic imine (C=N–C) groups is 1. The van der Waals surface area contributed by atoms with Gasteiger partial charge in [0.25, 0.3) is 0 Å². The third-order valence-electron chi connectivity index (χ3n) is 3.93. The summed E-state index contributed by atoms with van der Waals surface area (Å²) in [5.74, 6) is 6.86. The van der Waals surface area contributed by atoms with Crippen molar-refractivity contribution in [2.24, 2.45) is 16.8 Å². The molecule has 2 unspecified atom stereocenters. The molecule has 4 N–H and O–H groups in total. The lowest BCUT2D eigenvalue weighted by molar-refractivity contribution is 0.185. The number of nitrogens with two attached hydrogens (primary N) is 1. The normalized spacial score (nSPS) is 29.4. The molecular weight excluding hydrogens is 226 g/mol. The predicted molar refractivity (Wildman–Crippen MR) is 75.2 cm³/mol. The van der Waals surface area contributed by atoms with Crippen LogP contribution in [0.4, 0.5) is 0 Å². The molecule has 2 aliphatic heterocycles. The van der Waals surface area contributed by atoms with Crippen molar-refractivity contribution < 1.29 is 0 Å². The van der Waals surface area contributed by atoms with Gasteiger partial charge in [-0.15, -0.1) is 0 Å². The van der Waals surface area contributed by atoms with Gasteiger partial charge in [-0.2, -0.15) is 0 Å². The molecule has 2 saturated heterocycles. The standard InChI is InChI=1S/C13H27N5/c1-10(2)9-15-13(17-14)16-11-6-8-18-7-4-3-5-12(11)18/h10-12H,3-9,14H2,1-2H3,(H2,15,16,17). The minimum atomic E-state index is 0.507. The Bertz CT molecular complexity index is 289. The van der Waals surface area contributed by atoms with Crippen molar-refractivity contribution in [1.82, 2.24) is 15.6 Å². The van der Waals surface area contributed by atoms with Crippen molar-refractivity contribution in [2.75, 3.05) is 19.6 Å². The van der Waals surface area contributed by atoms with E-state index in [1.807, 2.05) is 0 Å². The van der Waals surface area contributed by atoms with Gasteiger partial charge in [0.2, 0.25) is 5.96 Å². The van der Waals surface area contributed by atoms with E-state index in [1.165, 1.54) is 38.8 Å². The summed E-state index contributed by atoms with van der Waals surface area (Å²) < 4.78 is 0. The molecule has 5 heteroatoms.